The van der Waals surface area contributed by atoms with Crippen LogP contribution in [0.2, 0.25) is 5.02 Å². The fourth-order valence-electron chi connectivity index (χ4n) is 3.05. The molecule has 12 heteroatoms. The normalized spacial score (nSPS) is 11.3. The Kier molecular flexibility index (Phi) is 6.19. The van der Waals surface area contributed by atoms with Crippen molar-refractivity contribution in [3.8, 4) is 22.2 Å². The number of halogens is 3. The van der Waals surface area contributed by atoms with Gasteiger partial charge in [0.05, 0.1) is 33.5 Å². The number of carboxylic acid groups (broad SMARTS) is 1. The SMILES string of the molecule is Cc1cc(-c2nc3c(Cl)cc(OCCNC(=O)O)cc3s2)c2ncc(OC(F)F)nc2c1. The van der Waals surface area contributed by atoms with Gasteiger partial charge in [0.2, 0.25) is 5.88 Å². The molecule has 2 N–H and O–H groups in total. The summed E-state index contributed by atoms with van der Waals surface area (Å²) >= 11 is 7.74. The van der Waals surface area contributed by atoms with Crippen LogP contribution in [0.1, 0.15) is 5.56 Å². The van der Waals surface area contributed by atoms with Gasteiger partial charge in [-0.3, -0.25) is 0 Å². The van der Waals surface area contributed by atoms with Gasteiger partial charge in [-0.2, -0.15) is 8.78 Å². The number of nitrogens with zero attached hydrogens (tertiary/aromatic N) is 3. The highest BCUT2D eigenvalue weighted by molar-refractivity contribution is 7.21. The lowest BCUT2D eigenvalue weighted by atomic mass is 10.1. The van der Waals surface area contributed by atoms with Gasteiger partial charge in [-0.25, -0.2) is 19.7 Å². The number of hydrogen-bond acceptors (Lipinski definition) is 7. The molecule has 4 rings (SSSR count). The van der Waals surface area contributed by atoms with Gasteiger partial charge >= 0.3 is 12.7 Å². The van der Waals surface area contributed by atoms with Crippen LogP contribution in [0.5, 0.6) is 11.6 Å². The first-order valence-corrected chi connectivity index (χ1v) is 10.4. The Hall–Kier alpha value is -3.31. The molecule has 0 aliphatic rings. The second-order valence-electron chi connectivity index (χ2n) is 6.62. The van der Waals surface area contributed by atoms with Gasteiger partial charge in [0.1, 0.15) is 22.9 Å². The predicted molar refractivity (Wildman–Crippen MR) is 116 cm³/mol. The van der Waals surface area contributed by atoms with Crippen molar-refractivity contribution in [2.75, 3.05) is 13.2 Å². The molecule has 0 spiro atoms. The van der Waals surface area contributed by atoms with Crippen LogP contribution in [0.15, 0.2) is 30.5 Å². The predicted octanol–water partition coefficient (Wildman–Crippen LogP) is 5.12. The summed E-state index contributed by atoms with van der Waals surface area (Å²) in [6, 6.07) is 6.98. The van der Waals surface area contributed by atoms with Gasteiger partial charge in [0.25, 0.3) is 0 Å². The molecule has 0 aliphatic heterocycles. The molecule has 1 amide bonds. The number of benzene rings is 2. The fraction of sp³-hybridized carbons (Fsp3) is 0.200. The number of aryl methyl sites for hydroxylation is 1. The van der Waals surface area contributed by atoms with Crippen LogP contribution in [-0.2, 0) is 0 Å². The van der Waals surface area contributed by atoms with Crippen LogP contribution in [-0.4, -0.2) is 45.9 Å². The highest BCUT2D eigenvalue weighted by Crippen LogP contribution is 2.39. The van der Waals surface area contributed by atoms with E-state index in [0.717, 1.165) is 16.5 Å². The molecule has 8 nitrogen and oxygen atoms in total. The summed E-state index contributed by atoms with van der Waals surface area (Å²) in [5.74, 6) is 0.211. The van der Waals surface area contributed by atoms with E-state index < -0.39 is 12.7 Å². The van der Waals surface area contributed by atoms with Crippen molar-refractivity contribution >= 4 is 50.3 Å². The Morgan fingerprint density at radius 2 is 2.06 bits per heavy atom. The van der Waals surface area contributed by atoms with E-state index in [1.807, 2.05) is 13.0 Å². The van der Waals surface area contributed by atoms with Gasteiger partial charge in [-0.15, -0.1) is 11.3 Å². The number of fused-ring (bicyclic) bond motifs is 2. The largest absolute Gasteiger partial charge is 0.492 e. The van der Waals surface area contributed by atoms with E-state index in [1.54, 1.807) is 18.2 Å². The number of hydrogen-bond donors (Lipinski definition) is 2. The molecule has 0 saturated carbocycles. The summed E-state index contributed by atoms with van der Waals surface area (Å²) in [5.41, 5.74) is 2.99. The molecule has 0 radical (unpaired) electrons. The van der Waals surface area contributed by atoms with Crippen molar-refractivity contribution in [2.45, 2.75) is 13.5 Å². The zero-order valence-corrected chi connectivity index (χ0v) is 18.0. The summed E-state index contributed by atoms with van der Waals surface area (Å²) in [6.45, 7) is -0.873. The van der Waals surface area contributed by atoms with Gasteiger partial charge in [-0.05, 0) is 30.7 Å². The molecule has 4 aromatic rings. The third-order valence-corrected chi connectivity index (χ3v) is 5.60. The minimum absolute atomic E-state index is 0.129. The van der Waals surface area contributed by atoms with E-state index >= 15 is 0 Å². The number of alkyl halides is 2. The Labute approximate surface area is 188 Å². The van der Waals surface area contributed by atoms with Crippen molar-refractivity contribution < 1.29 is 28.2 Å². The molecule has 32 heavy (non-hydrogen) atoms. The second kappa shape index (κ2) is 9.05. The Bertz CT molecular complexity index is 1320. The van der Waals surface area contributed by atoms with Crippen LogP contribution in [0.4, 0.5) is 13.6 Å². The molecular formula is C20H15ClF2N4O4S. The Balaban J connectivity index is 1.70. The van der Waals surface area contributed by atoms with Gasteiger partial charge < -0.3 is 19.9 Å². The maximum absolute atomic E-state index is 12.5. The van der Waals surface area contributed by atoms with E-state index in [9.17, 15) is 13.6 Å². The molecule has 0 saturated heterocycles. The molecule has 2 heterocycles. The lowest BCUT2D eigenvalue weighted by molar-refractivity contribution is -0.0528. The number of aromatic nitrogens is 3. The number of carbonyl (C=O) groups is 1. The highest BCUT2D eigenvalue weighted by Gasteiger charge is 2.16. The molecule has 0 aliphatic carbocycles. The summed E-state index contributed by atoms with van der Waals surface area (Å²) in [4.78, 5) is 23.5. The molecule has 2 aromatic heterocycles. The Morgan fingerprint density at radius 3 is 2.81 bits per heavy atom. The van der Waals surface area contributed by atoms with E-state index in [0.29, 0.717) is 37.9 Å². The van der Waals surface area contributed by atoms with Crippen molar-refractivity contribution in [1.82, 2.24) is 20.3 Å². The van der Waals surface area contributed by atoms with E-state index in [4.69, 9.17) is 21.4 Å². The first-order valence-electron chi connectivity index (χ1n) is 9.22. The molecule has 166 valence electrons. The summed E-state index contributed by atoms with van der Waals surface area (Å²) < 4.78 is 35.7. The average Bonchev–Trinajstić information content (AvgIpc) is 3.14. The molecule has 0 fully saturated rings. The van der Waals surface area contributed by atoms with Crippen LogP contribution < -0.4 is 14.8 Å². The highest BCUT2D eigenvalue weighted by atomic mass is 35.5. The average molecular weight is 481 g/mol. The molecular weight excluding hydrogens is 466 g/mol. The maximum Gasteiger partial charge on any atom is 0.404 e. The van der Waals surface area contributed by atoms with Crippen LogP contribution >= 0.6 is 22.9 Å². The first kappa shape index (κ1) is 21.9. The third-order valence-electron chi connectivity index (χ3n) is 4.28. The van der Waals surface area contributed by atoms with Crippen molar-refractivity contribution in [3.05, 3.63) is 41.0 Å². The van der Waals surface area contributed by atoms with Crippen LogP contribution in [0.3, 0.4) is 0 Å². The molecule has 0 bridgehead atoms. The van der Waals surface area contributed by atoms with E-state index in [1.165, 1.54) is 11.3 Å². The fourth-order valence-corrected chi connectivity index (χ4v) is 4.40. The van der Waals surface area contributed by atoms with Gasteiger partial charge in [-0.1, -0.05) is 11.6 Å². The monoisotopic (exact) mass is 480 g/mol. The van der Waals surface area contributed by atoms with Crippen LogP contribution in [0.25, 0.3) is 31.8 Å². The minimum atomic E-state index is -2.99. The van der Waals surface area contributed by atoms with E-state index in [-0.39, 0.29) is 19.0 Å². The maximum atomic E-state index is 12.5. The summed E-state index contributed by atoms with van der Waals surface area (Å²) in [5, 5.41) is 11.8. The minimum Gasteiger partial charge on any atom is -0.492 e. The summed E-state index contributed by atoms with van der Waals surface area (Å²) in [6.07, 6.45) is 0.0145. The number of ether oxygens (including phenoxy) is 2. The molecule has 2 aromatic carbocycles. The number of thiazole rings is 1. The zero-order valence-electron chi connectivity index (χ0n) is 16.4. The van der Waals surface area contributed by atoms with Crippen molar-refractivity contribution in [1.29, 1.82) is 0 Å². The summed E-state index contributed by atoms with van der Waals surface area (Å²) in [7, 11) is 0. The van der Waals surface area contributed by atoms with Crippen LogP contribution in [0, 0.1) is 6.92 Å². The topological polar surface area (TPSA) is 106 Å². The number of nitrogens with one attached hydrogen (secondary N) is 1. The quantitative estimate of drug-likeness (QED) is 0.354. The first-order chi connectivity index (χ1) is 15.3. The van der Waals surface area contributed by atoms with Gasteiger partial charge in [0.15, 0.2) is 0 Å². The lowest BCUT2D eigenvalue weighted by Gasteiger charge is -2.07. The molecule has 0 atom stereocenters. The number of amides is 1. The zero-order chi connectivity index (χ0) is 22.8. The van der Waals surface area contributed by atoms with Crippen molar-refractivity contribution in [3.63, 3.8) is 0 Å². The van der Waals surface area contributed by atoms with E-state index in [2.05, 4.69) is 25.0 Å². The van der Waals surface area contributed by atoms with Crippen molar-refractivity contribution in [2.24, 2.45) is 0 Å². The smallest absolute Gasteiger partial charge is 0.404 e. The Morgan fingerprint density at radius 1 is 1.25 bits per heavy atom. The third kappa shape index (κ3) is 4.78. The number of rotatable bonds is 7. The van der Waals surface area contributed by atoms with Gasteiger partial charge in [0, 0.05) is 11.6 Å². The molecule has 0 unspecified atom stereocenters. The lowest BCUT2D eigenvalue weighted by Crippen LogP contribution is -2.26. The standard InChI is InChI=1S/C20H15ClF2N4O4S/c1-9-4-11(16-13(5-9)26-15(8-25-16)31-19(22)23)18-27-17-12(21)6-10(7-14(17)32-18)30-3-2-24-20(28)29/h4-8,19,24H,2-3H2,1H3,(H,28,29). The second-order valence-corrected chi connectivity index (χ2v) is 8.06.